The van der Waals surface area contributed by atoms with E-state index in [9.17, 15) is 9.59 Å². The van der Waals surface area contributed by atoms with Crippen LogP contribution < -0.4 is 10.6 Å². The summed E-state index contributed by atoms with van der Waals surface area (Å²) >= 11 is 0. The Kier molecular flexibility index (Phi) is 10.7. The SMILES string of the molecule is COCCOCCCNC(=O)NCC(C(=O)O)C(C)C. The molecule has 0 aliphatic heterocycles. The van der Waals surface area contributed by atoms with Gasteiger partial charge in [0.2, 0.25) is 0 Å². The second-order valence-electron chi connectivity index (χ2n) is 4.78. The topological polar surface area (TPSA) is 96.9 Å². The van der Waals surface area contributed by atoms with Gasteiger partial charge >= 0.3 is 12.0 Å². The van der Waals surface area contributed by atoms with Crippen LogP contribution in [-0.4, -0.2) is 57.1 Å². The highest BCUT2D eigenvalue weighted by molar-refractivity contribution is 5.75. The van der Waals surface area contributed by atoms with Crippen LogP contribution in [0, 0.1) is 11.8 Å². The molecular weight excluding hydrogens is 264 g/mol. The number of ether oxygens (including phenoxy) is 2. The van der Waals surface area contributed by atoms with Crippen LogP contribution in [0.4, 0.5) is 4.79 Å². The Morgan fingerprint density at radius 2 is 1.85 bits per heavy atom. The highest BCUT2D eigenvalue weighted by Crippen LogP contribution is 2.09. The van der Waals surface area contributed by atoms with Gasteiger partial charge in [-0.15, -0.1) is 0 Å². The Bertz CT molecular complexity index is 284. The third-order valence-corrected chi connectivity index (χ3v) is 2.79. The molecule has 0 saturated heterocycles. The van der Waals surface area contributed by atoms with E-state index in [1.54, 1.807) is 7.11 Å². The second-order valence-corrected chi connectivity index (χ2v) is 4.78. The third kappa shape index (κ3) is 9.57. The maximum absolute atomic E-state index is 11.5. The van der Waals surface area contributed by atoms with E-state index in [1.807, 2.05) is 13.8 Å². The standard InChI is InChI=1S/C13H26N2O5/c1-10(2)11(12(16)17)9-15-13(18)14-5-4-6-20-8-7-19-3/h10-11H,4-9H2,1-3H3,(H,16,17)(H2,14,15,18). The minimum Gasteiger partial charge on any atom is -0.481 e. The molecule has 0 aromatic carbocycles. The van der Waals surface area contributed by atoms with E-state index >= 15 is 0 Å². The summed E-state index contributed by atoms with van der Waals surface area (Å²) in [5, 5.41) is 14.2. The number of carbonyl (C=O) groups excluding carboxylic acids is 1. The monoisotopic (exact) mass is 290 g/mol. The van der Waals surface area contributed by atoms with Gasteiger partial charge in [0.1, 0.15) is 0 Å². The number of rotatable bonds is 11. The zero-order valence-corrected chi connectivity index (χ0v) is 12.5. The Morgan fingerprint density at radius 3 is 2.40 bits per heavy atom. The maximum atomic E-state index is 11.5. The van der Waals surface area contributed by atoms with E-state index < -0.39 is 11.9 Å². The number of carboxylic acids is 1. The van der Waals surface area contributed by atoms with Gasteiger partial charge in [-0.3, -0.25) is 4.79 Å². The molecule has 0 saturated carbocycles. The number of methoxy groups -OCH3 is 1. The molecule has 0 rings (SSSR count). The summed E-state index contributed by atoms with van der Waals surface area (Å²) in [6.07, 6.45) is 0.698. The van der Waals surface area contributed by atoms with Gasteiger partial charge in [0.05, 0.1) is 19.1 Å². The van der Waals surface area contributed by atoms with E-state index in [1.165, 1.54) is 0 Å². The smallest absolute Gasteiger partial charge is 0.314 e. The Labute approximate surface area is 120 Å². The second kappa shape index (κ2) is 11.5. The molecule has 0 fully saturated rings. The molecule has 0 bridgehead atoms. The zero-order chi connectivity index (χ0) is 15.4. The number of aliphatic carboxylic acids is 1. The number of carbonyl (C=O) groups is 2. The lowest BCUT2D eigenvalue weighted by Crippen LogP contribution is -2.41. The molecule has 3 N–H and O–H groups in total. The normalized spacial score (nSPS) is 12.2. The van der Waals surface area contributed by atoms with E-state index in [0.29, 0.717) is 32.8 Å². The van der Waals surface area contributed by atoms with Gasteiger partial charge in [-0.2, -0.15) is 0 Å². The van der Waals surface area contributed by atoms with Crippen molar-refractivity contribution in [3.8, 4) is 0 Å². The molecule has 0 aliphatic rings. The van der Waals surface area contributed by atoms with Crippen molar-refractivity contribution in [1.29, 1.82) is 0 Å². The average molecular weight is 290 g/mol. The van der Waals surface area contributed by atoms with Crippen molar-refractivity contribution in [1.82, 2.24) is 10.6 Å². The molecule has 0 spiro atoms. The van der Waals surface area contributed by atoms with Crippen LogP contribution >= 0.6 is 0 Å². The van der Waals surface area contributed by atoms with E-state index in [2.05, 4.69) is 10.6 Å². The Hall–Kier alpha value is -1.34. The molecular formula is C13H26N2O5. The predicted molar refractivity (Wildman–Crippen MR) is 74.7 cm³/mol. The van der Waals surface area contributed by atoms with Crippen LogP contribution in [0.5, 0.6) is 0 Å². The third-order valence-electron chi connectivity index (χ3n) is 2.79. The van der Waals surface area contributed by atoms with Crippen molar-refractivity contribution in [2.45, 2.75) is 20.3 Å². The largest absolute Gasteiger partial charge is 0.481 e. The lowest BCUT2D eigenvalue weighted by atomic mass is 9.96. The minimum atomic E-state index is -0.896. The summed E-state index contributed by atoms with van der Waals surface area (Å²) in [5.41, 5.74) is 0. The van der Waals surface area contributed by atoms with Crippen molar-refractivity contribution < 1.29 is 24.2 Å². The molecule has 7 nitrogen and oxygen atoms in total. The van der Waals surface area contributed by atoms with Gasteiger partial charge in [0, 0.05) is 26.8 Å². The summed E-state index contributed by atoms with van der Waals surface area (Å²) < 4.78 is 10.1. The molecule has 2 amide bonds. The van der Waals surface area contributed by atoms with Gasteiger partial charge in [0.25, 0.3) is 0 Å². The molecule has 0 aromatic rings. The van der Waals surface area contributed by atoms with Crippen LogP contribution in [0.1, 0.15) is 20.3 Å². The fourth-order valence-corrected chi connectivity index (χ4v) is 1.49. The molecule has 0 aliphatic carbocycles. The van der Waals surface area contributed by atoms with Gasteiger partial charge in [0.15, 0.2) is 0 Å². The summed E-state index contributed by atoms with van der Waals surface area (Å²) in [7, 11) is 1.61. The van der Waals surface area contributed by atoms with Crippen LogP contribution in [0.2, 0.25) is 0 Å². The molecule has 0 radical (unpaired) electrons. The quantitative estimate of drug-likeness (QED) is 0.487. The van der Waals surface area contributed by atoms with Crippen LogP contribution in [0.3, 0.4) is 0 Å². The predicted octanol–water partition coefficient (Wildman–Crippen LogP) is 0.696. The van der Waals surface area contributed by atoms with Gasteiger partial charge in [-0.05, 0) is 12.3 Å². The first-order valence-electron chi connectivity index (χ1n) is 6.80. The maximum Gasteiger partial charge on any atom is 0.314 e. The molecule has 0 heterocycles. The van der Waals surface area contributed by atoms with Gasteiger partial charge in [-0.25, -0.2) is 4.79 Å². The van der Waals surface area contributed by atoms with Gasteiger partial charge in [-0.1, -0.05) is 13.8 Å². The van der Waals surface area contributed by atoms with Crippen LogP contribution in [-0.2, 0) is 14.3 Å². The summed E-state index contributed by atoms with van der Waals surface area (Å²) in [6.45, 7) is 5.89. The van der Waals surface area contributed by atoms with Crippen molar-refractivity contribution in [3.05, 3.63) is 0 Å². The Balaban J connectivity index is 3.61. The van der Waals surface area contributed by atoms with E-state index in [0.717, 1.165) is 0 Å². The zero-order valence-electron chi connectivity index (χ0n) is 12.5. The van der Waals surface area contributed by atoms with Crippen LogP contribution in [0.15, 0.2) is 0 Å². The summed E-state index contributed by atoms with van der Waals surface area (Å²) in [5.74, 6) is -1.49. The molecule has 1 atom stereocenters. The lowest BCUT2D eigenvalue weighted by molar-refractivity contribution is -0.142. The van der Waals surface area contributed by atoms with Crippen molar-refractivity contribution in [2.75, 3.05) is 40.0 Å². The van der Waals surface area contributed by atoms with Crippen molar-refractivity contribution in [3.63, 3.8) is 0 Å². The number of urea groups is 1. The molecule has 0 aromatic heterocycles. The fraction of sp³-hybridized carbons (Fsp3) is 0.846. The summed E-state index contributed by atoms with van der Waals surface area (Å²) in [6, 6.07) is -0.353. The average Bonchev–Trinajstić information content (AvgIpc) is 2.37. The molecule has 20 heavy (non-hydrogen) atoms. The Morgan fingerprint density at radius 1 is 1.15 bits per heavy atom. The first-order chi connectivity index (χ1) is 9.49. The lowest BCUT2D eigenvalue weighted by Gasteiger charge is -2.16. The number of hydrogen-bond donors (Lipinski definition) is 3. The first-order valence-corrected chi connectivity index (χ1v) is 6.80. The molecule has 118 valence electrons. The fourth-order valence-electron chi connectivity index (χ4n) is 1.49. The minimum absolute atomic E-state index is 0.0259. The molecule has 1 unspecified atom stereocenters. The molecule has 7 heteroatoms. The van der Waals surface area contributed by atoms with Crippen molar-refractivity contribution >= 4 is 12.0 Å². The highest BCUT2D eigenvalue weighted by Gasteiger charge is 2.21. The highest BCUT2D eigenvalue weighted by atomic mass is 16.5. The summed E-state index contributed by atoms with van der Waals surface area (Å²) in [4.78, 5) is 22.4. The number of carboxylic acid groups (broad SMARTS) is 1. The number of hydrogen-bond acceptors (Lipinski definition) is 4. The van der Waals surface area contributed by atoms with E-state index in [-0.39, 0.29) is 18.5 Å². The first kappa shape index (κ1) is 18.7. The van der Waals surface area contributed by atoms with Crippen molar-refractivity contribution in [2.24, 2.45) is 11.8 Å². The van der Waals surface area contributed by atoms with Gasteiger partial charge < -0.3 is 25.2 Å². The number of amides is 2. The van der Waals surface area contributed by atoms with E-state index in [4.69, 9.17) is 14.6 Å². The number of nitrogens with one attached hydrogen (secondary N) is 2. The van der Waals surface area contributed by atoms with Crippen LogP contribution in [0.25, 0.3) is 0 Å².